The summed E-state index contributed by atoms with van der Waals surface area (Å²) in [7, 11) is 1.64. The molecule has 2 aromatic carbocycles. The van der Waals surface area contributed by atoms with Crippen LogP contribution in [0.3, 0.4) is 0 Å². The highest BCUT2D eigenvalue weighted by molar-refractivity contribution is 5.95. The zero-order valence-electron chi connectivity index (χ0n) is 18.8. The second-order valence-electron chi connectivity index (χ2n) is 8.78. The Bertz CT molecular complexity index is 887. The molecule has 0 heterocycles. The molecule has 0 bridgehead atoms. The molecule has 6 heteroatoms. The van der Waals surface area contributed by atoms with Crippen LogP contribution in [0.4, 0.5) is 5.69 Å². The van der Waals surface area contributed by atoms with Crippen molar-refractivity contribution >= 4 is 17.5 Å². The fourth-order valence-electron chi connectivity index (χ4n) is 3.33. The first-order chi connectivity index (χ1) is 14.8. The van der Waals surface area contributed by atoms with E-state index in [0.29, 0.717) is 11.5 Å². The Morgan fingerprint density at radius 2 is 1.71 bits per heavy atom. The summed E-state index contributed by atoms with van der Waals surface area (Å²) < 4.78 is 5.22. The molecule has 0 radical (unpaired) electrons. The van der Waals surface area contributed by atoms with Crippen molar-refractivity contribution in [3.05, 3.63) is 59.7 Å². The van der Waals surface area contributed by atoms with Gasteiger partial charge in [-0.15, -0.1) is 0 Å². The van der Waals surface area contributed by atoms with Crippen molar-refractivity contribution in [1.29, 1.82) is 0 Å². The molecule has 1 aliphatic rings. The lowest BCUT2D eigenvalue weighted by atomic mass is 10.0. The first-order valence-electron chi connectivity index (χ1n) is 10.9. The Balaban J connectivity index is 1.53. The summed E-state index contributed by atoms with van der Waals surface area (Å²) in [6, 6.07) is 15.1. The SMILES string of the molecule is CCC(C)(C)NC(=O)c1ccc(NCC(=O)NC(c2ccc(OC)cc2)C2CC2)cc1. The van der Waals surface area contributed by atoms with Crippen molar-refractivity contribution in [3.8, 4) is 5.75 Å². The molecule has 0 saturated heterocycles. The van der Waals surface area contributed by atoms with Crippen LogP contribution in [0.5, 0.6) is 5.75 Å². The van der Waals surface area contributed by atoms with Crippen molar-refractivity contribution < 1.29 is 14.3 Å². The summed E-state index contributed by atoms with van der Waals surface area (Å²) in [5, 5.41) is 9.32. The van der Waals surface area contributed by atoms with Crippen LogP contribution in [0.15, 0.2) is 48.5 Å². The number of carbonyl (C=O) groups excluding carboxylic acids is 2. The van der Waals surface area contributed by atoms with Gasteiger partial charge in [-0.1, -0.05) is 19.1 Å². The molecule has 3 N–H and O–H groups in total. The Kier molecular flexibility index (Phi) is 7.21. The van der Waals surface area contributed by atoms with Crippen molar-refractivity contribution in [2.75, 3.05) is 19.0 Å². The van der Waals surface area contributed by atoms with E-state index in [1.54, 1.807) is 19.2 Å². The smallest absolute Gasteiger partial charge is 0.251 e. The third-order valence-electron chi connectivity index (χ3n) is 5.82. The summed E-state index contributed by atoms with van der Waals surface area (Å²) in [6.45, 7) is 6.22. The standard InChI is InChI=1S/C25H33N3O3/c1-5-25(2,3)28-24(30)19-8-12-20(13-9-19)26-16-22(29)27-23(17-6-7-17)18-10-14-21(31-4)15-11-18/h8-15,17,23,26H,5-7,16H2,1-4H3,(H,27,29)(H,28,30). The Morgan fingerprint density at radius 3 is 2.26 bits per heavy atom. The number of amides is 2. The summed E-state index contributed by atoms with van der Waals surface area (Å²) in [4.78, 5) is 24.9. The van der Waals surface area contributed by atoms with E-state index in [-0.39, 0.29) is 29.9 Å². The molecule has 1 saturated carbocycles. The first-order valence-corrected chi connectivity index (χ1v) is 10.9. The molecular weight excluding hydrogens is 390 g/mol. The first kappa shape index (κ1) is 22.7. The van der Waals surface area contributed by atoms with Crippen LogP contribution in [0.25, 0.3) is 0 Å². The van der Waals surface area contributed by atoms with Gasteiger partial charge < -0.3 is 20.7 Å². The number of carbonyl (C=O) groups is 2. The monoisotopic (exact) mass is 423 g/mol. The van der Waals surface area contributed by atoms with Gasteiger partial charge in [-0.05, 0) is 81.0 Å². The molecule has 0 aliphatic heterocycles. The minimum absolute atomic E-state index is 0.0215. The molecule has 1 atom stereocenters. The van der Waals surface area contributed by atoms with Crippen molar-refractivity contribution in [1.82, 2.24) is 10.6 Å². The highest BCUT2D eigenvalue weighted by atomic mass is 16.5. The van der Waals surface area contributed by atoms with Gasteiger partial charge in [0.05, 0.1) is 19.7 Å². The fraction of sp³-hybridized carbons (Fsp3) is 0.440. The van der Waals surface area contributed by atoms with Gasteiger partial charge in [-0.25, -0.2) is 0 Å². The van der Waals surface area contributed by atoms with Gasteiger partial charge >= 0.3 is 0 Å². The molecule has 1 fully saturated rings. The van der Waals surface area contributed by atoms with Crippen LogP contribution in [0, 0.1) is 5.92 Å². The van der Waals surface area contributed by atoms with E-state index in [9.17, 15) is 9.59 Å². The van der Waals surface area contributed by atoms with Crippen LogP contribution in [-0.2, 0) is 4.79 Å². The number of hydrogen-bond acceptors (Lipinski definition) is 4. The van der Waals surface area contributed by atoms with Gasteiger partial charge in [-0.2, -0.15) is 0 Å². The third kappa shape index (κ3) is 6.48. The van der Waals surface area contributed by atoms with Gasteiger partial charge in [-0.3, -0.25) is 9.59 Å². The van der Waals surface area contributed by atoms with E-state index in [4.69, 9.17) is 4.74 Å². The molecule has 0 spiro atoms. The Labute approximate surface area is 184 Å². The summed E-state index contributed by atoms with van der Waals surface area (Å²) in [6.07, 6.45) is 3.11. The fourth-order valence-corrected chi connectivity index (χ4v) is 3.33. The summed E-state index contributed by atoms with van der Waals surface area (Å²) in [5.41, 5.74) is 2.26. The maximum atomic E-state index is 12.6. The van der Waals surface area contributed by atoms with E-state index in [0.717, 1.165) is 36.3 Å². The Hall–Kier alpha value is -3.02. The van der Waals surface area contributed by atoms with Crippen molar-refractivity contribution in [3.63, 3.8) is 0 Å². The molecule has 166 valence electrons. The van der Waals surface area contributed by atoms with Gasteiger partial charge in [0.1, 0.15) is 5.75 Å². The summed E-state index contributed by atoms with van der Waals surface area (Å²) >= 11 is 0. The van der Waals surface area contributed by atoms with E-state index in [1.807, 2.05) is 57.2 Å². The number of methoxy groups -OCH3 is 1. The average molecular weight is 424 g/mol. The minimum Gasteiger partial charge on any atom is -0.497 e. The molecule has 3 rings (SSSR count). The predicted molar refractivity (Wildman–Crippen MR) is 123 cm³/mol. The van der Waals surface area contributed by atoms with Crippen molar-refractivity contribution in [2.45, 2.75) is 51.6 Å². The quantitative estimate of drug-likeness (QED) is 0.533. The highest BCUT2D eigenvalue weighted by Gasteiger charge is 2.33. The number of nitrogens with one attached hydrogen (secondary N) is 3. The largest absolute Gasteiger partial charge is 0.497 e. The molecule has 31 heavy (non-hydrogen) atoms. The molecule has 2 amide bonds. The zero-order valence-corrected chi connectivity index (χ0v) is 18.8. The number of ether oxygens (including phenoxy) is 1. The molecule has 1 aliphatic carbocycles. The number of rotatable bonds is 10. The highest BCUT2D eigenvalue weighted by Crippen LogP contribution is 2.41. The number of benzene rings is 2. The van der Waals surface area contributed by atoms with Gasteiger partial charge in [0.2, 0.25) is 5.91 Å². The van der Waals surface area contributed by atoms with E-state index in [2.05, 4.69) is 16.0 Å². The molecule has 2 aromatic rings. The lowest BCUT2D eigenvalue weighted by molar-refractivity contribution is -0.120. The molecule has 6 nitrogen and oxygen atoms in total. The van der Waals surface area contributed by atoms with E-state index < -0.39 is 0 Å². The van der Waals surface area contributed by atoms with Crippen LogP contribution >= 0.6 is 0 Å². The lowest BCUT2D eigenvalue weighted by Gasteiger charge is -2.24. The van der Waals surface area contributed by atoms with Gasteiger partial charge in [0.15, 0.2) is 0 Å². The normalized spacial score (nSPS) is 14.5. The van der Waals surface area contributed by atoms with Crippen LogP contribution in [0.1, 0.15) is 62.0 Å². The number of anilines is 1. The van der Waals surface area contributed by atoms with Crippen LogP contribution in [0.2, 0.25) is 0 Å². The number of hydrogen-bond donors (Lipinski definition) is 3. The minimum atomic E-state index is -0.242. The van der Waals surface area contributed by atoms with Gasteiger partial charge in [0.25, 0.3) is 5.91 Å². The summed E-state index contributed by atoms with van der Waals surface area (Å²) in [5.74, 6) is 1.14. The Morgan fingerprint density at radius 1 is 1.06 bits per heavy atom. The van der Waals surface area contributed by atoms with E-state index >= 15 is 0 Å². The molecule has 1 unspecified atom stereocenters. The van der Waals surface area contributed by atoms with E-state index in [1.165, 1.54) is 0 Å². The molecule has 0 aromatic heterocycles. The third-order valence-corrected chi connectivity index (χ3v) is 5.82. The van der Waals surface area contributed by atoms with Crippen LogP contribution in [-0.4, -0.2) is 31.0 Å². The van der Waals surface area contributed by atoms with Gasteiger partial charge in [0, 0.05) is 16.8 Å². The lowest BCUT2D eigenvalue weighted by Crippen LogP contribution is -2.42. The zero-order chi connectivity index (χ0) is 22.4. The van der Waals surface area contributed by atoms with Crippen LogP contribution < -0.4 is 20.7 Å². The maximum Gasteiger partial charge on any atom is 0.251 e. The second-order valence-corrected chi connectivity index (χ2v) is 8.78. The van der Waals surface area contributed by atoms with Crippen molar-refractivity contribution in [2.24, 2.45) is 5.92 Å². The molecular formula is C25H33N3O3. The topological polar surface area (TPSA) is 79.5 Å². The maximum absolute atomic E-state index is 12.6. The second kappa shape index (κ2) is 9.86. The predicted octanol–water partition coefficient (Wildman–Crippen LogP) is 4.29. The average Bonchev–Trinajstić information content (AvgIpc) is 3.61.